The van der Waals surface area contributed by atoms with Gasteiger partial charge in [0.15, 0.2) is 0 Å². The van der Waals surface area contributed by atoms with Crippen LogP contribution >= 0.6 is 27.3 Å². The SMILES string of the molecule is Cc1cc(Br)c(S(=O)(=O)N2CCC(C(=O)O)C2)s1. The summed E-state index contributed by atoms with van der Waals surface area (Å²) in [5, 5.41) is 8.90. The lowest BCUT2D eigenvalue weighted by atomic mass is 10.1. The number of hydrogen-bond acceptors (Lipinski definition) is 4. The highest BCUT2D eigenvalue weighted by molar-refractivity contribution is 9.10. The van der Waals surface area contributed by atoms with Gasteiger partial charge in [-0.05, 0) is 35.3 Å². The normalized spacial score (nSPS) is 21.3. The van der Waals surface area contributed by atoms with E-state index in [2.05, 4.69) is 15.9 Å². The summed E-state index contributed by atoms with van der Waals surface area (Å²) in [5.74, 6) is -1.53. The van der Waals surface area contributed by atoms with Crippen LogP contribution in [0.2, 0.25) is 0 Å². The third kappa shape index (κ3) is 2.47. The Labute approximate surface area is 118 Å². The molecule has 1 atom stereocenters. The molecule has 2 rings (SSSR count). The molecule has 8 heteroatoms. The number of thiophene rings is 1. The van der Waals surface area contributed by atoms with Gasteiger partial charge in [-0.1, -0.05) is 0 Å². The summed E-state index contributed by atoms with van der Waals surface area (Å²) in [6, 6.07) is 1.75. The van der Waals surface area contributed by atoms with Crippen LogP contribution in [0.3, 0.4) is 0 Å². The molecule has 1 saturated heterocycles. The van der Waals surface area contributed by atoms with Crippen LogP contribution in [0.5, 0.6) is 0 Å². The molecular weight excluding hydrogens is 342 g/mol. The summed E-state index contributed by atoms with van der Waals surface area (Å²) in [5.41, 5.74) is 0. The van der Waals surface area contributed by atoms with E-state index >= 15 is 0 Å². The van der Waals surface area contributed by atoms with Gasteiger partial charge >= 0.3 is 5.97 Å². The second-order valence-electron chi connectivity index (χ2n) is 4.18. The Balaban J connectivity index is 2.28. The maximum absolute atomic E-state index is 12.4. The Hall–Kier alpha value is -0.440. The van der Waals surface area contributed by atoms with E-state index in [0.717, 1.165) is 4.88 Å². The van der Waals surface area contributed by atoms with Crippen molar-refractivity contribution in [3.8, 4) is 0 Å². The van der Waals surface area contributed by atoms with Crippen LogP contribution < -0.4 is 0 Å². The zero-order valence-corrected chi connectivity index (χ0v) is 12.8. The molecule has 0 saturated carbocycles. The van der Waals surface area contributed by atoms with Crippen molar-refractivity contribution in [2.45, 2.75) is 17.6 Å². The molecule has 0 radical (unpaired) electrons. The lowest BCUT2D eigenvalue weighted by Gasteiger charge is -2.14. The van der Waals surface area contributed by atoms with E-state index in [1.165, 1.54) is 15.6 Å². The summed E-state index contributed by atoms with van der Waals surface area (Å²) in [6.45, 7) is 2.15. The number of halogens is 1. The third-order valence-corrected chi connectivity index (χ3v) is 7.43. The Morgan fingerprint density at radius 2 is 2.28 bits per heavy atom. The molecule has 5 nitrogen and oxygen atoms in total. The molecule has 0 spiro atoms. The minimum Gasteiger partial charge on any atom is -0.481 e. The number of sulfonamides is 1. The van der Waals surface area contributed by atoms with Gasteiger partial charge in [0.2, 0.25) is 0 Å². The van der Waals surface area contributed by atoms with Crippen LogP contribution in [0.25, 0.3) is 0 Å². The van der Waals surface area contributed by atoms with Crippen LogP contribution in [0, 0.1) is 12.8 Å². The number of aryl methyl sites for hydroxylation is 1. The number of rotatable bonds is 3. The lowest BCUT2D eigenvalue weighted by molar-refractivity contribution is -0.141. The molecule has 1 aromatic rings. The first-order valence-electron chi connectivity index (χ1n) is 5.31. The first-order valence-corrected chi connectivity index (χ1v) is 8.36. The molecule has 2 heterocycles. The van der Waals surface area contributed by atoms with E-state index in [1.54, 1.807) is 6.07 Å². The van der Waals surface area contributed by atoms with E-state index < -0.39 is 21.9 Å². The van der Waals surface area contributed by atoms with Gasteiger partial charge < -0.3 is 5.11 Å². The molecule has 0 aromatic carbocycles. The molecule has 1 aliphatic heterocycles. The van der Waals surface area contributed by atoms with Crippen LogP contribution in [-0.4, -0.2) is 36.9 Å². The van der Waals surface area contributed by atoms with Gasteiger partial charge in [0, 0.05) is 22.4 Å². The summed E-state index contributed by atoms with van der Waals surface area (Å²) in [7, 11) is -3.57. The minimum atomic E-state index is -3.57. The lowest BCUT2D eigenvalue weighted by Crippen LogP contribution is -2.29. The van der Waals surface area contributed by atoms with Crippen LogP contribution in [0.15, 0.2) is 14.7 Å². The second-order valence-corrected chi connectivity index (χ2v) is 8.42. The quantitative estimate of drug-likeness (QED) is 0.900. The standard InChI is InChI=1S/C10H12BrNO4S2/c1-6-4-8(11)10(17-6)18(15,16)12-3-2-7(5-12)9(13)14/h4,7H,2-3,5H2,1H3,(H,13,14). The van der Waals surface area contributed by atoms with E-state index in [-0.39, 0.29) is 17.3 Å². The Morgan fingerprint density at radius 3 is 2.72 bits per heavy atom. The molecular formula is C10H12BrNO4S2. The number of aliphatic carboxylic acids is 1. The van der Waals surface area contributed by atoms with Gasteiger partial charge in [0.05, 0.1) is 5.92 Å². The Kier molecular flexibility index (Phi) is 3.82. The van der Waals surface area contributed by atoms with E-state index in [0.29, 0.717) is 10.9 Å². The minimum absolute atomic E-state index is 0.0566. The highest BCUT2D eigenvalue weighted by Gasteiger charge is 2.37. The van der Waals surface area contributed by atoms with E-state index in [4.69, 9.17) is 5.11 Å². The van der Waals surface area contributed by atoms with Crippen molar-refractivity contribution >= 4 is 43.3 Å². The van der Waals surface area contributed by atoms with Gasteiger partial charge in [-0.3, -0.25) is 4.79 Å². The fourth-order valence-electron chi connectivity index (χ4n) is 1.90. The third-order valence-electron chi connectivity index (χ3n) is 2.85. The molecule has 1 aromatic heterocycles. The van der Waals surface area contributed by atoms with Crippen LogP contribution in [-0.2, 0) is 14.8 Å². The molecule has 0 amide bonds. The number of hydrogen-bond donors (Lipinski definition) is 1. The number of carboxylic acid groups (broad SMARTS) is 1. The van der Waals surface area contributed by atoms with Crippen LogP contribution in [0.1, 0.15) is 11.3 Å². The predicted octanol–water partition coefficient (Wildman–Crippen LogP) is 1.91. The van der Waals surface area contributed by atoms with Crippen molar-refractivity contribution in [3.05, 3.63) is 15.4 Å². The maximum Gasteiger partial charge on any atom is 0.307 e. The maximum atomic E-state index is 12.4. The molecule has 100 valence electrons. The molecule has 1 fully saturated rings. The van der Waals surface area contributed by atoms with Crippen molar-refractivity contribution in [1.82, 2.24) is 4.31 Å². The smallest absolute Gasteiger partial charge is 0.307 e. The van der Waals surface area contributed by atoms with Gasteiger partial charge in [-0.25, -0.2) is 8.42 Å². The van der Waals surface area contributed by atoms with Gasteiger partial charge in [-0.15, -0.1) is 11.3 Å². The molecule has 1 N–H and O–H groups in total. The zero-order chi connectivity index (χ0) is 13.5. The Morgan fingerprint density at radius 1 is 1.61 bits per heavy atom. The van der Waals surface area contributed by atoms with E-state index in [1.807, 2.05) is 6.92 Å². The van der Waals surface area contributed by atoms with Crippen molar-refractivity contribution in [2.75, 3.05) is 13.1 Å². The summed E-state index contributed by atoms with van der Waals surface area (Å²) >= 11 is 4.43. The first-order chi connectivity index (χ1) is 8.32. The van der Waals surface area contributed by atoms with Gasteiger partial charge in [-0.2, -0.15) is 4.31 Å². The summed E-state index contributed by atoms with van der Waals surface area (Å²) < 4.78 is 26.8. The molecule has 18 heavy (non-hydrogen) atoms. The number of carbonyl (C=O) groups is 1. The fraction of sp³-hybridized carbons (Fsp3) is 0.500. The average molecular weight is 354 g/mol. The summed E-state index contributed by atoms with van der Waals surface area (Å²) in [4.78, 5) is 11.8. The highest BCUT2D eigenvalue weighted by atomic mass is 79.9. The zero-order valence-electron chi connectivity index (χ0n) is 9.59. The molecule has 0 bridgehead atoms. The monoisotopic (exact) mass is 353 g/mol. The first kappa shape index (κ1) is 14.0. The number of nitrogens with zero attached hydrogens (tertiary/aromatic N) is 1. The molecule has 0 aliphatic carbocycles. The largest absolute Gasteiger partial charge is 0.481 e. The van der Waals surface area contributed by atoms with Gasteiger partial charge in [0.25, 0.3) is 10.0 Å². The van der Waals surface area contributed by atoms with Crippen LogP contribution in [0.4, 0.5) is 0 Å². The highest BCUT2D eigenvalue weighted by Crippen LogP contribution is 2.35. The Bertz CT molecular complexity index is 581. The topological polar surface area (TPSA) is 74.7 Å². The predicted molar refractivity (Wildman–Crippen MR) is 71.3 cm³/mol. The van der Waals surface area contributed by atoms with Crippen molar-refractivity contribution in [2.24, 2.45) is 5.92 Å². The van der Waals surface area contributed by atoms with Crippen molar-refractivity contribution in [1.29, 1.82) is 0 Å². The second kappa shape index (κ2) is 4.92. The van der Waals surface area contributed by atoms with E-state index in [9.17, 15) is 13.2 Å². The average Bonchev–Trinajstić information content (AvgIpc) is 2.85. The molecule has 1 aliphatic rings. The van der Waals surface area contributed by atoms with Gasteiger partial charge in [0.1, 0.15) is 4.21 Å². The fourth-order valence-corrected chi connectivity index (χ4v) is 6.27. The molecule has 1 unspecified atom stereocenters. The van der Waals surface area contributed by atoms with Crippen molar-refractivity contribution in [3.63, 3.8) is 0 Å². The van der Waals surface area contributed by atoms with Crippen molar-refractivity contribution < 1.29 is 18.3 Å². The number of carboxylic acids is 1. The summed E-state index contributed by atoms with van der Waals surface area (Å²) in [6.07, 6.45) is 0.372.